The Hall–Kier alpha value is -2.23. The van der Waals surface area contributed by atoms with Gasteiger partial charge in [-0.15, -0.1) is 17.5 Å². The van der Waals surface area contributed by atoms with Gasteiger partial charge < -0.3 is 5.11 Å². The van der Waals surface area contributed by atoms with Crippen molar-refractivity contribution in [2.45, 2.75) is 43.5 Å². The highest BCUT2D eigenvalue weighted by Gasteiger charge is 2.40. The lowest BCUT2D eigenvalue weighted by atomic mass is 9.93. The molecule has 1 saturated carbocycles. The highest BCUT2D eigenvalue weighted by Crippen LogP contribution is 2.39. The number of carbonyl (C=O) groups excluding carboxylic acids is 1. The summed E-state index contributed by atoms with van der Waals surface area (Å²) in [6.07, 6.45) is 5.74. The van der Waals surface area contributed by atoms with E-state index in [4.69, 9.17) is 12.6 Å². The van der Waals surface area contributed by atoms with E-state index in [1.54, 1.807) is 18.2 Å². The van der Waals surface area contributed by atoms with Crippen LogP contribution in [0.3, 0.4) is 0 Å². The minimum absolute atomic E-state index is 0. The molecule has 2 heterocycles. The van der Waals surface area contributed by atoms with Gasteiger partial charge in [0.2, 0.25) is 0 Å². The van der Waals surface area contributed by atoms with E-state index in [0.29, 0.717) is 30.8 Å². The molecule has 1 saturated heterocycles. The van der Waals surface area contributed by atoms with Crippen LogP contribution in [0.2, 0.25) is 0 Å². The number of piperidine rings is 1. The number of rotatable bonds is 7. The molecular formula is C22H26ClFN4O3S. The fourth-order valence-electron chi connectivity index (χ4n) is 4.02. The summed E-state index contributed by atoms with van der Waals surface area (Å²) in [6.45, 7) is 2.58. The van der Waals surface area contributed by atoms with Gasteiger partial charge in [0, 0.05) is 29.8 Å². The van der Waals surface area contributed by atoms with E-state index >= 15 is 0 Å². The van der Waals surface area contributed by atoms with Crippen LogP contribution in [0.15, 0.2) is 36.0 Å². The van der Waals surface area contributed by atoms with E-state index in [1.807, 2.05) is 11.0 Å². The number of thiol groups is 1. The highest BCUT2D eigenvalue weighted by molar-refractivity contribution is 7.81. The van der Waals surface area contributed by atoms with Gasteiger partial charge in [0.15, 0.2) is 5.78 Å². The van der Waals surface area contributed by atoms with Gasteiger partial charge in [0.25, 0.3) is 0 Å². The molecular weight excluding hydrogens is 455 g/mol. The van der Waals surface area contributed by atoms with Crippen LogP contribution in [0.4, 0.5) is 4.39 Å². The van der Waals surface area contributed by atoms with Crippen LogP contribution in [-0.4, -0.2) is 55.1 Å². The molecule has 172 valence electrons. The third kappa shape index (κ3) is 5.05. The zero-order valence-electron chi connectivity index (χ0n) is 17.6. The van der Waals surface area contributed by atoms with Crippen LogP contribution >= 0.6 is 25.0 Å². The molecule has 0 bridgehead atoms. The number of benzene rings is 1. The number of hydrogen-bond acceptors (Lipinski definition) is 6. The van der Waals surface area contributed by atoms with Gasteiger partial charge in [0.05, 0.1) is 17.9 Å². The number of carbonyl (C=O) groups is 2. The summed E-state index contributed by atoms with van der Waals surface area (Å²) in [5, 5.41) is 17.0. The first-order chi connectivity index (χ1) is 14.9. The van der Waals surface area contributed by atoms with Crippen LogP contribution < -0.4 is 0 Å². The number of halogens is 2. The van der Waals surface area contributed by atoms with Gasteiger partial charge in [-0.1, -0.05) is 23.4 Å². The molecule has 1 aromatic heterocycles. The SMILES string of the molecule is CC(C(=O)O)n1nncc1/C=C1/CN(C(C(=O)C2CC2)c2ccccc2F)CCC1S.Cl. The average Bonchev–Trinajstić information content (AvgIpc) is 3.50. The molecule has 4 rings (SSSR count). The minimum atomic E-state index is -1.01. The van der Waals surface area contributed by atoms with Crippen molar-refractivity contribution in [3.8, 4) is 0 Å². The predicted molar refractivity (Wildman–Crippen MR) is 123 cm³/mol. The zero-order valence-corrected chi connectivity index (χ0v) is 19.3. The third-order valence-electron chi connectivity index (χ3n) is 5.98. The second kappa shape index (κ2) is 10.1. The van der Waals surface area contributed by atoms with Crippen LogP contribution in [-0.2, 0) is 9.59 Å². The predicted octanol–water partition coefficient (Wildman–Crippen LogP) is 3.59. The van der Waals surface area contributed by atoms with E-state index in [2.05, 4.69) is 10.3 Å². The van der Waals surface area contributed by atoms with Crippen molar-refractivity contribution in [1.82, 2.24) is 19.9 Å². The number of aromatic nitrogens is 3. The van der Waals surface area contributed by atoms with Crippen molar-refractivity contribution in [2.75, 3.05) is 13.1 Å². The summed E-state index contributed by atoms with van der Waals surface area (Å²) < 4.78 is 16.0. The van der Waals surface area contributed by atoms with E-state index < -0.39 is 18.1 Å². The van der Waals surface area contributed by atoms with Gasteiger partial charge in [0.1, 0.15) is 11.9 Å². The van der Waals surface area contributed by atoms with Crippen molar-refractivity contribution in [3.05, 3.63) is 53.1 Å². The Morgan fingerprint density at radius 3 is 2.66 bits per heavy atom. The van der Waals surface area contributed by atoms with E-state index in [0.717, 1.165) is 18.4 Å². The monoisotopic (exact) mass is 480 g/mol. The van der Waals surface area contributed by atoms with Gasteiger partial charge in [-0.25, -0.2) is 13.9 Å². The molecule has 0 radical (unpaired) electrons. The Morgan fingerprint density at radius 2 is 2.00 bits per heavy atom. The lowest BCUT2D eigenvalue weighted by Gasteiger charge is -2.37. The summed E-state index contributed by atoms with van der Waals surface area (Å²) >= 11 is 4.70. The molecule has 10 heteroatoms. The summed E-state index contributed by atoms with van der Waals surface area (Å²) in [6, 6.07) is 4.95. The molecule has 1 aliphatic carbocycles. The van der Waals surface area contributed by atoms with Crippen molar-refractivity contribution in [3.63, 3.8) is 0 Å². The number of likely N-dealkylation sites (tertiary alicyclic amines) is 1. The Bertz CT molecular complexity index is 1030. The summed E-state index contributed by atoms with van der Waals surface area (Å²) in [7, 11) is 0. The molecule has 1 aromatic carbocycles. The van der Waals surface area contributed by atoms with Crippen LogP contribution in [0.5, 0.6) is 0 Å². The van der Waals surface area contributed by atoms with E-state index in [-0.39, 0.29) is 35.2 Å². The molecule has 3 atom stereocenters. The van der Waals surface area contributed by atoms with Gasteiger partial charge in [-0.3, -0.25) is 9.69 Å². The molecule has 0 amide bonds. The van der Waals surface area contributed by atoms with Crippen molar-refractivity contribution < 1.29 is 19.1 Å². The Morgan fingerprint density at radius 1 is 1.28 bits per heavy atom. The minimum Gasteiger partial charge on any atom is -0.480 e. The summed E-state index contributed by atoms with van der Waals surface area (Å²) in [5.41, 5.74) is 1.88. The average molecular weight is 481 g/mol. The topological polar surface area (TPSA) is 88.3 Å². The van der Waals surface area contributed by atoms with Gasteiger partial charge >= 0.3 is 5.97 Å². The Kier molecular flexibility index (Phi) is 7.74. The molecule has 32 heavy (non-hydrogen) atoms. The second-order valence-electron chi connectivity index (χ2n) is 8.21. The second-order valence-corrected chi connectivity index (χ2v) is 8.84. The molecule has 2 aliphatic rings. The van der Waals surface area contributed by atoms with Crippen molar-refractivity contribution >= 4 is 42.9 Å². The molecule has 1 aliphatic heterocycles. The number of aliphatic carboxylic acids is 1. The molecule has 7 nitrogen and oxygen atoms in total. The maximum absolute atomic E-state index is 14.7. The fourth-order valence-corrected chi connectivity index (χ4v) is 4.29. The number of hydrogen-bond donors (Lipinski definition) is 2. The smallest absolute Gasteiger partial charge is 0.328 e. The van der Waals surface area contributed by atoms with Crippen molar-refractivity contribution in [1.29, 1.82) is 0 Å². The summed E-state index contributed by atoms with van der Waals surface area (Å²) in [5.74, 6) is -1.33. The zero-order chi connectivity index (χ0) is 22.1. The molecule has 2 aromatic rings. The van der Waals surface area contributed by atoms with Gasteiger partial charge in [-0.05, 0) is 43.9 Å². The Labute approximate surface area is 197 Å². The molecule has 1 N–H and O–H groups in total. The van der Waals surface area contributed by atoms with Crippen LogP contribution in [0, 0.1) is 11.7 Å². The first-order valence-corrected chi connectivity index (χ1v) is 10.9. The lowest BCUT2D eigenvalue weighted by molar-refractivity contribution is -0.140. The number of ketones is 1. The van der Waals surface area contributed by atoms with Crippen LogP contribution in [0.1, 0.15) is 49.5 Å². The number of Topliss-reactive ketones (excluding diaryl/α,β-unsaturated/α-hetero) is 1. The fraction of sp³-hybridized carbons (Fsp3) is 0.455. The quantitative estimate of drug-likeness (QED) is 0.589. The molecule has 2 fully saturated rings. The van der Waals surface area contributed by atoms with E-state index in [1.165, 1.54) is 23.9 Å². The first kappa shape index (κ1) is 24.4. The molecule has 3 unspecified atom stereocenters. The molecule has 0 spiro atoms. The standard InChI is InChI=1S/C22H25FN4O3S.ClH/c1-13(22(29)30)27-16(11-24-25-27)10-15-12-26(9-8-19(15)31)20(21(28)14-6-7-14)17-4-2-3-5-18(17)23;/h2-5,10-11,13-14,19-20,31H,6-9,12H2,1H3,(H,29,30);1H/b15-10-;. The third-order valence-corrected chi connectivity index (χ3v) is 6.57. The largest absolute Gasteiger partial charge is 0.480 e. The Balaban J connectivity index is 0.00000289. The van der Waals surface area contributed by atoms with E-state index in [9.17, 15) is 19.1 Å². The first-order valence-electron chi connectivity index (χ1n) is 10.4. The number of carboxylic acids is 1. The van der Waals surface area contributed by atoms with Gasteiger partial charge in [-0.2, -0.15) is 12.6 Å². The number of carboxylic acid groups (broad SMARTS) is 1. The number of nitrogens with zero attached hydrogens (tertiary/aromatic N) is 4. The van der Waals surface area contributed by atoms with Crippen molar-refractivity contribution in [2.24, 2.45) is 5.92 Å². The normalized spacial score (nSPS) is 22.2. The summed E-state index contributed by atoms with van der Waals surface area (Å²) in [4.78, 5) is 26.5. The lowest BCUT2D eigenvalue weighted by Crippen LogP contribution is -2.42. The highest BCUT2D eigenvalue weighted by atomic mass is 35.5. The van der Waals surface area contributed by atoms with Crippen LogP contribution in [0.25, 0.3) is 6.08 Å². The maximum atomic E-state index is 14.7. The maximum Gasteiger partial charge on any atom is 0.328 e.